The maximum atomic E-state index is 13.8. The van der Waals surface area contributed by atoms with Crippen molar-refractivity contribution in [1.29, 1.82) is 0 Å². The lowest BCUT2D eigenvalue weighted by molar-refractivity contribution is -0.154. The fourth-order valence-corrected chi connectivity index (χ4v) is 5.44. The van der Waals surface area contributed by atoms with Crippen molar-refractivity contribution >= 4 is 23.5 Å². The highest BCUT2D eigenvalue weighted by atomic mass is 16.5. The van der Waals surface area contributed by atoms with Crippen molar-refractivity contribution in [1.82, 2.24) is 15.0 Å². The van der Waals surface area contributed by atoms with Crippen molar-refractivity contribution in [2.24, 2.45) is 11.7 Å². The number of aromatic nitrogens is 2. The molecule has 1 aliphatic carbocycles. The number of carbonyl (C=O) groups is 3. The molecule has 2 fully saturated rings. The molecule has 3 heterocycles. The van der Waals surface area contributed by atoms with E-state index in [0.717, 1.165) is 38.5 Å². The van der Waals surface area contributed by atoms with Crippen LogP contribution in [0.4, 0.5) is 5.82 Å². The maximum absolute atomic E-state index is 13.8. The highest BCUT2D eigenvalue weighted by Crippen LogP contribution is 2.45. The number of pyridine rings is 1. The summed E-state index contributed by atoms with van der Waals surface area (Å²) < 4.78 is 10.8. The number of nitrogens with zero attached hydrogens (tertiary/aromatic N) is 3. The van der Waals surface area contributed by atoms with E-state index in [-0.39, 0.29) is 43.2 Å². The van der Waals surface area contributed by atoms with E-state index in [2.05, 4.69) is 15.5 Å². The quantitative estimate of drug-likeness (QED) is 0.529. The Morgan fingerprint density at radius 3 is 2.60 bits per heavy atom. The molecule has 0 radical (unpaired) electrons. The minimum atomic E-state index is -1.35. The molecule has 3 N–H and O–H groups in total. The summed E-state index contributed by atoms with van der Waals surface area (Å²) >= 11 is 0. The molecular formula is C25H33N5O5. The summed E-state index contributed by atoms with van der Waals surface area (Å²) in [5.74, 6) is -0.535. The number of rotatable bonds is 10. The van der Waals surface area contributed by atoms with Crippen molar-refractivity contribution in [2.75, 3.05) is 18.5 Å². The zero-order chi connectivity index (χ0) is 24.8. The third kappa shape index (κ3) is 5.37. The van der Waals surface area contributed by atoms with Crippen LogP contribution in [0.2, 0.25) is 0 Å². The number of hydrogen-bond acceptors (Lipinski definition) is 7. The van der Waals surface area contributed by atoms with Gasteiger partial charge in [-0.3, -0.25) is 19.4 Å². The van der Waals surface area contributed by atoms with Crippen LogP contribution >= 0.6 is 0 Å². The number of ether oxygens (including phenoxy) is 1. The van der Waals surface area contributed by atoms with Gasteiger partial charge in [-0.1, -0.05) is 24.1 Å². The van der Waals surface area contributed by atoms with Gasteiger partial charge >= 0.3 is 0 Å². The van der Waals surface area contributed by atoms with E-state index in [4.69, 9.17) is 15.0 Å². The molecule has 0 bridgehead atoms. The number of aryl methyl sites for hydroxylation is 1. The van der Waals surface area contributed by atoms with Crippen LogP contribution in [0.15, 0.2) is 35.1 Å². The number of carbonyl (C=O) groups excluding carboxylic acids is 3. The van der Waals surface area contributed by atoms with Crippen LogP contribution in [0, 0.1) is 12.8 Å². The summed E-state index contributed by atoms with van der Waals surface area (Å²) in [6.45, 7) is 2.57. The van der Waals surface area contributed by atoms with Gasteiger partial charge in [0, 0.05) is 50.0 Å². The second kappa shape index (κ2) is 11.0. The van der Waals surface area contributed by atoms with Crippen LogP contribution in [-0.2, 0) is 24.7 Å². The Morgan fingerprint density at radius 1 is 1.20 bits per heavy atom. The second-order valence-corrected chi connectivity index (χ2v) is 9.36. The van der Waals surface area contributed by atoms with E-state index in [1.165, 1.54) is 0 Å². The molecule has 10 heteroatoms. The minimum Gasteiger partial charge on any atom is -0.376 e. The van der Waals surface area contributed by atoms with Crippen LogP contribution in [-0.4, -0.2) is 52.0 Å². The van der Waals surface area contributed by atoms with Crippen molar-refractivity contribution in [2.45, 2.75) is 69.9 Å². The van der Waals surface area contributed by atoms with E-state index in [1.54, 1.807) is 36.4 Å². The van der Waals surface area contributed by atoms with Gasteiger partial charge in [0.25, 0.3) is 0 Å². The first-order valence-electron chi connectivity index (χ1n) is 12.3. The molecule has 35 heavy (non-hydrogen) atoms. The number of nitrogens with two attached hydrogens (primary N) is 1. The fourth-order valence-electron chi connectivity index (χ4n) is 5.44. The molecule has 10 nitrogen and oxygen atoms in total. The van der Waals surface area contributed by atoms with Gasteiger partial charge in [-0.25, -0.2) is 0 Å². The first kappa shape index (κ1) is 24.8. The number of amides is 3. The summed E-state index contributed by atoms with van der Waals surface area (Å²) in [4.78, 5) is 45.5. The van der Waals surface area contributed by atoms with Gasteiger partial charge in [0.05, 0.1) is 6.10 Å². The van der Waals surface area contributed by atoms with Crippen LogP contribution in [0.5, 0.6) is 0 Å². The second-order valence-electron chi connectivity index (χ2n) is 9.36. The van der Waals surface area contributed by atoms with E-state index < -0.39 is 11.4 Å². The van der Waals surface area contributed by atoms with Gasteiger partial charge in [-0.15, -0.1) is 0 Å². The summed E-state index contributed by atoms with van der Waals surface area (Å²) in [5.41, 5.74) is 5.41. The van der Waals surface area contributed by atoms with E-state index in [9.17, 15) is 14.4 Å². The Kier molecular flexibility index (Phi) is 7.80. The Balaban J connectivity index is 1.63. The maximum Gasteiger partial charge on any atom is 0.248 e. The van der Waals surface area contributed by atoms with Crippen LogP contribution in [0.25, 0.3) is 0 Å². The van der Waals surface area contributed by atoms with Crippen LogP contribution < -0.4 is 11.1 Å². The van der Waals surface area contributed by atoms with E-state index >= 15 is 0 Å². The molecule has 1 saturated carbocycles. The number of primary amides is 1. The van der Waals surface area contributed by atoms with Crippen LogP contribution in [0.3, 0.4) is 0 Å². The molecule has 4 rings (SSSR count). The molecule has 2 aliphatic rings. The SMILES string of the molecule is Cc1cc(NC(=O)CCC(=O)N(CC2CCCO2)C(C(N)=O)(c2cccnc2)C2CCCC2)no1. The first-order valence-corrected chi connectivity index (χ1v) is 12.3. The van der Waals surface area contributed by atoms with Gasteiger partial charge in [0.2, 0.25) is 17.7 Å². The van der Waals surface area contributed by atoms with Crippen molar-refractivity contribution in [3.8, 4) is 0 Å². The molecule has 1 aliphatic heterocycles. The third-order valence-electron chi connectivity index (χ3n) is 7.02. The Bertz CT molecular complexity index is 1030. The molecule has 2 aromatic rings. The van der Waals surface area contributed by atoms with Crippen LogP contribution in [0.1, 0.15) is 62.7 Å². The summed E-state index contributed by atoms with van der Waals surface area (Å²) in [5, 5.41) is 6.39. The molecule has 2 aromatic heterocycles. The van der Waals surface area contributed by atoms with Crippen molar-refractivity contribution in [3.63, 3.8) is 0 Å². The molecular weight excluding hydrogens is 450 g/mol. The van der Waals surface area contributed by atoms with E-state index in [0.29, 0.717) is 23.7 Å². The standard InChI is InChI=1S/C25H33N5O5/c1-17-14-21(29-35-17)28-22(31)10-11-23(32)30(16-20-9-5-13-34-20)25(24(26)33,18-6-2-3-7-18)19-8-4-12-27-15-19/h4,8,12,14-15,18,20H,2-3,5-7,9-11,13,16H2,1H3,(H2,26,33)(H,28,29,31). The van der Waals surface area contributed by atoms with Gasteiger partial charge in [0.15, 0.2) is 11.4 Å². The highest BCUT2D eigenvalue weighted by molar-refractivity contribution is 5.95. The monoisotopic (exact) mass is 483 g/mol. The van der Waals surface area contributed by atoms with Crippen molar-refractivity contribution < 1.29 is 23.6 Å². The lowest BCUT2D eigenvalue weighted by Crippen LogP contribution is -2.62. The molecule has 188 valence electrons. The lowest BCUT2D eigenvalue weighted by atomic mass is 9.74. The zero-order valence-electron chi connectivity index (χ0n) is 20.1. The number of hydrogen-bond donors (Lipinski definition) is 2. The highest BCUT2D eigenvalue weighted by Gasteiger charge is 2.53. The average Bonchev–Trinajstić information content (AvgIpc) is 3.62. The normalized spacial score (nSPS) is 19.9. The lowest BCUT2D eigenvalue weighted by Gasteiger charge is -2.46. The van der Waals surface area contributed by atoms with E-state index in [1.807, 2.05) is 6.07 Å². The molecule has 2 unspecified atom stereocenters. The van der Waals surface area contributed by atoms with Gasteiger partial charge in [0.1, 0.15) is 5.76 Å². The molecule has 3 amide bonds. The van der Waals surface area contributed by atoms with Crippen molar-refractivity contribution in [3.05, 3.63) is 41.9 Å². The summed E-state index contributed by atoms with van der Waals surface area (Å²) in [7, 11) is 0. The predicted octanol–water partition coefficient (Wildman–Crippen LogP) is 2.68. The van der Waals surface area contributed by atoms with Gasteiger partial charge in [-0.2, -0.15) is 0 Å². The third-order valence-corrected chi connectivity index (χ3v) is 7.02. The number of nitrogens with one attached hydrogen (secondary N) is 1. The minimum absolute atomic E-state index is 0.0701. The zero-order valence-corrected chi connectivity index (χ0v) is 20.1. The fraction of sp³-hybridized carbons (Fsp3) is 0.560. The molecule has 1 saturated heterocycles. The molecule has 0 aromatic carbocycles. The van der Waals surface area contributed by atoms with Gasteiger partial charge < -0.3 is 25.2 Å². The topological polar surface area (TPSA) is 141 Å². The van der Waals surface area contributed by atoms with Gasteiger partial charge in [-0.05, 0) is 44.6 Å². The number of anilines is 1. The summed E-state index contributed by atoms with van der Waals surface area (Å²) in [6.07, 6.45) is 8.07. The Morgan fingerprint density at radius 2 is 2.00 bits per heavy atom. The Hall–Kier alpha value is -3.27. The molecule has 2 atom stereocenters. The molecule has 0 spiro atoms. The Labute approximate surface area is 204 Å². The predicted molar refractivity (Wildman–Crippen MR) is 127 cm³/mol. The smallest absolute Gasteiger partial charge is 0.248 e. The largest absolute Gasteiger partial charge is 0.376 e. The average molecular weight is 484 g/mol. The first-order chi connectivity index (χ1) is 16.9. The summed E-state index contributed by atoms with van der Waals surface area (Å²) in [6, 6.07) is 5.17.